The maximum absolute atomic E-state index is 13.8. The molecule has 4 bridgehead atoms. The van der Waals surface area contributed by atoms with Crippen molar-refractivity contribution in [2.75, 3.05) is 6.61 Å². The Morgan fingerprint density at radius 3 is 2.44 bits per heavy atom. The number of allylic oxidation sites excluding steroid dienone is 1. The van der Waals surface area contributed by atoms with Crippen LogP contribution in [-0.4, -0.2) is 58.6 Å². The fourth-order valence-corrected chi connectivity index (χ4v) is 8.52. The van der Waals surface area contributed by atoms with Crippen molar-refractivity contribution in [1.29, 1.82) is 0 Å². The first kappa shape index (κ1) is 22.0. The van der Waals surface area contributed by atoms with Crippen LogP contribution in [0.3, 0.4) is 0 Å². The van der Waals surface area contributed by atoms with Gasteiger partial charge in [-0.05, 0) is 42.6 Å². The van der Waals surface area contributed by atoms with E-state index in [1.54, 1.807) is 0 Å². The molecule has 0 aromatic carbocycles. The van der Waals surface area contributed by atoms with Crippen molar-refractivity contribution in [2.24, 2.45) is 34.0 Å². The van der Waals surface area contributed by atoms with Crippen molar-refractivity contribution >= 4 is 17.7 Å². The van der Waals surface area contributed by atoms with Crippen LogP contribution in [0.5, 0.6) is 0 Å². The molecule has 4 saturated carbocycles. The topological polar surface area (TPSA) is 119 Å². The molecule has 0 radical (unpaired) electrons. The molecule has 2 spiro atoms. The molecule has 32 heavy (non-hydrogen) atoms. The van der Waals surface area contributed by atoms with E-state index >= 15 is 0 Å². The summed E-state index contributed by atoms with van der Waals surface area (Å²) in [5.41, 5.74) is -2.57. The molecule has 4 aliphatic carbocycles. The van der Waals surface area contributed by atoms with Gasteiger partial charge in [0.1, 0.15) is 18.3 Å². The highest BCUT2D eigenvalue weighted by Crippen LogP contribution is 2.77. The van der Waals surface area contributed by atoms with E-state index in [4.69, 9.17) is 14.2 Å². The smallest absolute Gasteiger partial charge is 0.302 e. The van der Waals surface area contributed by atoms with Gasteiger partial charge in [0.15, 0.2) is 5.78 Å². The molecule has 3 unspecified atom stereocenters. The average molecular weight is 449 g/mol. The number of rotatable bonds is 2. The predicted octanol–water partition coefficient (Wildman–Crippen LogP) is 1.52. The van der Waals surface area contributed by atoms with Crippen molar-refractivity contribution in [3.05, 3.63) is 12.2 Å². The summed E-state index contributed by atoms with van der Waals surface area (Å²) in [5.74, 6) is -4.89. The van der Waals surface area contributed by atoms with Crippen LogP contribution in [0.25, 0.3) is 0 Å². The number of hydrogen-bond acceptors (Lipinski definition) is 8. The van der Waals surface area contributed by atoms with Gasteiger partial charge >= 0.3 is 11.9 Å². The number of aliphatic hydroxyl groups is 2. The third-order valence-corrected chi connectivity index (χ3v) is 9.35. The van der Waals surface area contributed by atoms with Gasteiger partial charge in [-0.15, -0.1) is 0 Å². The second-order valence-electron chi connectivity index (χ2n) is 11.2. The first-order valence-corrected chi connectivity index (χ1v) is 11.5. The second-order valence-corrected chi connectivity index (χ2v) is 11.2. The number of aliphatic hydroxyl groups excluding tert-OH is 1. The van der Waals surface area contributed by atoms with Gasteiger partial charge < -0.3 is 24.4 Å². The molecule has 8 heteroatoms. The van der Waals surface area contributed by atoms with E-state index in [0.717, 1.165) is 0 Å². The molecule has 2 aliphatic heterocycles. The lowest BCUT2D eigenvalue weighted by Crippen LogP contribution is -2.85. The Labute approximate surface area is 187 Å². The third-order valence-electron chi connectivity index (χ3n) is 9.35. The van der Waals surface area contributed by atoms with Crippen LogP contribution in [-0.2, 0) is 28.6 Å². The molecule has 2 saturated heterocycles. The van der Waals surface area contributed by atoms with Crippen LogP contribution in [0.15, 0.2) is 12.2 Å². The van der Waals surface area contributed by atoms with Gasteiger partial charge in [-0.2, -0.15) is 0 Å². The number of ketones is 1. The highest BCUT2D eigenvalue weighted by atomic mass is 16.6. The van der Waals surface area contributed by atoms with Gasteiger partial charge in [0, 0.05) is 31.1 Å². The first-order valence-electron chi connectivity index (χ1n) is 11.5. The molecule has 176 valence electrons. The fraction of sp³-hybridized carbons (Fsp3) is 0.792. The molecule has 9 atom stereocenters. The minimum atomic E-state index is -2.13. The molecule has 6 aliphatic rings. The first-order chi connectivity index (χ1) is 14.8. The van der Waals surface area contributed by atoms with Crippen molar-refractivity contribution < 1.29 is 38.8 Å². The Kier molecular flexibility index (Phi) is 4.42. The molecule has 6 fully saturated rings. The lowest BCUT2D eigenvalue weighted by atomic mass is 9.35. The monoisotopic (exact) mass is 448 g/mol. The molecular weight excluding hydrogens is 416 g/mol. The summed E-state index contributed by atoms with van der Waals surface area (Å²) in [4.78, 5) is 38.0. The molecule has 8 nitrogen and oxygen atoms in total. The van der Waals surface area contributed by atoms with Crippen LogP contribution in [0.4, 0.5) is 0 Å². The SMILES string of the molecule is C=C1C(=O)C23CC1C[C@@H](OC(C)=O)[C@H]2[C@@]12COC3(O)[C@@H](O)[C@@H]1C(C)(C)CC[C@@H]2OC(C)=O. The second kappa shape index (κ2) is 6.42. The third kappa shape index (κ3) is 2.31. The Morgan fingerprint density at radius 1 is 1.16 bits per heavy atom. The summed E-state index contributed by atoms with van der Waals surface area (Å²) in [6, 6.07) is 0. The fourth-order valence-electron chi connectivity index (χ4n) is 8.52. The summed E-state index contributed by atoms with van der Waals surface area (Å²) in [6.07, 6.45) is -0.844. The number of ether oxygens (including phenoxy) is 3. The van der Waals surface area contributed by atoms with E-state index in [2.05, 4.69) is 6.58 Å². The van der Waals surface area contributed by atoms with Crippen LogP contribution in [0, 0.1) is 34.0 Å². The zero-order valence-corrected chi connectivity index (χ0v) is 19.1. The van der Waals surface area contributed by atoms with Crippen LogP contribution >= 0.6 is 0 Å². The number of carbonyl (C=O) groups is 3. The normalized spacial score (nSPS) is 50.4. The van der Waals surface area contributed by atoms with E-state index in [1.165, 1.54) is 13.8 Å². The summed E-state index contributed by atoms with van der Waals surface area (Å²) >= 11 is 0. The summed E-state index contributed by atoms with van der Waals surface area (Å²) < 4.78 is 17.7. The molecule has 0 amide bonds. The van der Waals surface area contributed by atoms with Gasteiger partial charge in [0.05, 0.1) is 12.0 Å². The van der Waals surface area contributed by atoms with Gasteiger partial charge in [-0.25, -0.2) is 0 Å². The van der Waals surface area contributed by atoms with E-state index in [-0.39, 0.29) is 24.7 Å². The number of esters is 2. The molecule has 0 aromatic heterocycles. The van der Waals surface area contributed by atoms with E-state index in [0.29, 0.717) is 24.8 Å². The average Bonchev–Trinajstić information content (AvgIpc) is 2.87. The van der Waals surface area contributed by atoms with Crippen molar-refractivity contribution in [3.8, 4) is 0 Å². The zero-order chi connectivity index (χ0) is 23.4. The number of hydrogen-bond donors (Lipinski definition) is 2. The Balaban J connectivity index is 1.80. The van der Waals surface area contributed by atoms with Crippen LogP contribution < -0.4 is 0 Å². The highest BCUT2D eigenvalue weighted by Gasteiger charge is 2.86. The van der Waals surface area contributed by atoms with E-state index in [1.807, 2.05) is 13.8 Å². The van der Waals surface area contributed by atoms with Gasteiger partial charge in [0.2, 0.25) is 5.79 Å². The maximum atomic E-state index is 13.8. The molecule has 0 aromatic rings. The Morgan fingerprint density at radius 2 is 1.81 bits per heavy atom. The zero-order valence-electron chi connectivity index (χ0n) is 19.1. The standard InChI is InChI=1S/C24H32O8/c1-11-14-8-15(31-12(2)25)17-22-10-30-24(29,23(17,9-14)19(11)27)20(28)18(22)21(4,5)7-6-16(22)32-13(3)26/h14-18,20,28-29H,1,6-10H2,2-5H3/t14?,15-,16+,17+,18-,20+,22+,23?,24?/m1/s1. The minimum absolute atomic E-state index is 0.00120. The minimum Gasteiger partial charge on any atom is -0.462 e. The predicted molar refractivity (Wildman–Crippen MR) is 110 cm³/mol. The summed E-state index contributed by atoms with van der Waals surface area (Å²) in [5, 5.41) is 23.6. The summed E-state index contributed by atoms with van der Waals surface area (Å²) in [6.45, 7) is 10.7. The molecular formula is C24H32O8. The number of fused-ring (bicyclic) bond motifs is 2. The Bertz CT molecular complexity index is 925. The molecule has 2 heterocycles. The Hall–Kier alpha value is -1.77. The molecule has 2 N–H and O–H groups in total. The van der Waals surface area contributed by atoms with Crippen LogP contribution in [0.2, 0.25) is 0 Å². The molecule has 6 rings (SSSR count). The largest absolute Gasteiger partial charge is 0.462 e. The van der Waals surface area contributed by atoms with Crippen molar-refractivity contribution in [3.63, 3.8) is 0 Å². The van der Waals surface area contributed by atoms with Gasteiger partial charge in [-0.1, -0.05) is 20.4 Å². The van der Waals surface area contributed by atoms with Crippen molar-refractivity contribution in [2.45, 2.75) is 77.5 Å². The van der Waals surface area contributed by atoms with Crippen LogP contribution in [0.1, 0.15) is 53.4 Å². The van der Waals surface area contributed by atoms with E-state index in [9.17, 15) is 24.6 Å². The lowest BCUT2D eigenvalue weighted by molar-refractivity contribution is -0.455. The number of Topliss-reactive ketones (excluding diaryl/α,β-unsaturated/α-hetero) is 1. The van der Waals surface area contributed by atoms with Crippen molar-refractivity contribution in [1.82, 2.24) is 0 Å². The lowest BCUT2D eigenvalue weighted by Gasteiger charge is -2.74. The highest BCUT2D eigenvalue weighted by molar-refractivity contribution is 6.04. The maximum Gasteiger partial charge on any atom is 0.302 e. The quantitative estimate of drug-likeness (QED) is 0.482. The summed E-state index contributed by atoms with van der Waals surface area (Å²) in [7, 11) is 0. The number of carbonyl (C=O) groups excluding carboxylic acids is 3. The van der Waals surface area contributed by atoms with Gasteiger partial charge in [0.25, 0.3) is 0 Å². The van der Waals surface area contributed by atoms with Gasteiger partial charge in [-0.3, -0.25) is 14.4 Å². The van der Waals surface area contributed by atoms with E-state index < -0.39 is 64.1 Å².